The van der Waals surface area contributed by atoms with Crippen LogP contribution >= 0.6 is 22.6 Å². The summed E-state index contributed by atoms with van der Waals surface area (Å²) in [5.41, 5.74) is 1.60. The lowest BCUT2D eigenvalue weighted by Crippen LogP contribution is -2.49. The van der Waals surface area contributed by atoms with Gasteiger partial charge in [-0.25, -0.2) is 4.98 Å². The molecule has 150 valence electrons. The molecule has 1 fully saturated rings. The standard InChI is InChI=1S/C21H22IN5O2/c1-14(2)20-24-19(25-29-20)15-7-8-18(23-13-15)26-9-11-27(12-10-26)21(28)16-5-3-4-6-17(16)22/h3-8,13-14H,9-12H2,1-2H3. The molecule has 0 spiro atoms. The van der Waals surface area contributed by atoms with Crippen molar-refractivity contribution >= 4 is 34.3 Å². The molecule has 0 atom stereocenters. The number of aromatic nitrogens is 3. The Morgan fingerprint density at radius 2 is 1.86 bits per heavy atom. The van der Waals surface area contributed by atoms with Gasteiger partial charge in [0.2, 0.25) is 11.7 Å². The van der Waals surface area contributed by atoms with Crippen molar-refractivity contribution in [1.29, 1.82) is 0 Å². The van der Waals surface area contributed by atoms with E-state index in [1.807, 2.05) is 55.1 Å². The molecular weight excluding hydrogens is 481 g/mol. The second-order valence-corrected chi connectivity index (χ2v) is 8.44. The molecule has 3 heterocycles. The van der Waals surface area contributed by atoms with Crippen LogP contribution in [0.15, 0.2) is 47.1 Å². The van der Waals surface area contributed by atoms with Crippen LogP contribution in [0.2, 0.25) is 0 Å². The largest absolute Gasteiger partial charge is 0.353 e. The Morgan fingerprint density at radius 1 is 1.10 bits per heavy atom. The average Bonchev–Trinajstić information content (AvgIpc) is 3.25. The number of hydrogen-bond donors (Lipinski definition) is 0. The van der Waals surface area contributed by atoms with Crippen molar-refractivity contribution < 1.29 is 9.32 Å². The van der Waals surface area contributed by atoms with Crippen molar-refractivity contribution in [2.24, 2.45) is 0 Å². The van der Waals surface area contributed by atoms with Crippen molar-refractivity contribution in [3.63, 3.8) is 0 Å². The molecule has 1 aliphatic rings. The van der Waals surface area contributed by atoms with E-state index in [4.69, 9.17) is 4.52 Å². The number of amides is 1. The molecule has 0 bridgehead atoms. The Morgan fingerprint density at radius 3 is 2.48 bits per heavy atom. The number of carbonyl (C=O) groups is 1. The van der Waals surface area contributed by atoms with Gasteiger partial charge in [-0.05, 0) is 46.9 Å². The van der Waals surface area contributed by atoms with Crippen LogP contribution in [0.4, 0.5) is 5.82 Å². The molecule has 4 rings (SSSR count). The van der Waals surface area contributed by atoms with Gasteiger partial charge in [-0.15, -0.1) is 0 Å². The molecule has 1 saturated heterocycles. The predicted octanol–water partition coefficient (Wildman–Crippen LogP) is 3.82. The van der Waals surface area contributed by atoms with E-state index < -0.39 is 0 Å². The molecule has 3 aromatic rings. The molecule has 0 radical (unpaired) electrons. The van der Waals surface area contributed by atoms with E-state index in [-0.39, 0.29) is 11.8 Å². The van der Waals surface area contributed by atoms with Crippen LogP contribution in [0.25, 0.3) is 11.4 Å². The number of nitrogens with zero attached hydrogens (tertiary/aromatic N) is 5. The molecule has 29 heavy (non-hydrogen) atoms. The fourth-order valence-electron chi connectivity index (χ4n) is 3.24. The number of piperazine rings is 1. The van der Waals surface area contributed by atoms with Gasteiger partial charge in [0.1, 0.15) is 5.82 Å². The molecule has 0 N–H and O–H groups in total. The second-order valence-electron chi connectivity index (χ2n) is 7.28. The molecule has 1 aromatic carbocycles. The van der Waals surface area contributed by atoms with Gasteiger partial charge in [-0.1, -0.05) is 31.1 Å². The van der Waals surface area contributed by atoms with Gasteiger partial charge in [-0.3, -0.25) is 4.79 Å². The number of rotatable bonds is 4. The van der Waals surface area contributed by atoms with Gasteiger partial charge >= 0.3 is 0 Å². The van der Waals surface area contributed by atoms with Crippen LogP contribution in [0.3, 0.4) is 0 Å². The number of benzene rings is 1. The van der Waals surface area contributed by atoms with E-state index in [1.54, 1.807) is 6.20 Å². The first kappa shape index (κ1) is 19.8. The number of halogens is 1. The Labute approximate surface area is 183 Å². The first-order valence-electron chi connectivity index (χ1n) is 9.61. The van der Waals surface area contributed by atoms with E-state index in [1.165, 1.54) is 0 Å². The van der Waals surface area contributed by atoms with E-state index in [2.05, 4.69) is 42.6 Å². The minimum absolute atomic E-state index is 0.0935. The van der Waals surface area contributed by atoms with Crippen LogP contribution in [-0.2, 0) is 0 Å². The van der Waals surface area contributed by atoms with E-state index in [9.17, 15) is 4.79 Å². The lowest BCUT2D eigenvalue weighted by molar-refractivity contribution is 0.0745. The maximum absolute atomic E-state index is 12.8. The zero-order valence-corrected chi connectivity index (χ0v) is 18.5. The molecule has 2 aromatic heterocycles. The van der Waals surface area contributed by atoms with E-state index in [0.717, 1.165) is 33.6 Å². The summed E-state index contributed by atoms with van der Waals surface area (Å²) in [4.78, 5) is 25.9. The van der Waals surface area contributed by atoms with Crippen LogP contribution in [0.1, 0.15) is 36.0 Å². The number of carbonyl (C=O) groups excluding carboxylic acids is 1. The topological polar surface area (TPSA) is 75.4 Å². The number of hydrogen-bond acceptors (Lipinski definition) is 6. The fourth-order valence-corrected chi connectivity index (χ4v) is 3.85. The van der Waals surface area contributed by atoms with Gasteiger partial charge in [0.15, 0.2) is 0 Å². The lowest BCUT2D eigenvalue weighted by Gasteiger charge is -2.35. The van der Waals surface area contributed by atoms with Gasteiger partial charge in [0.25, 0.3) is 5.91 Å². The highest BCUT2D eigenvalue weighted by Gasteiger charge is 2.24. The third kappa shape index (κ3) is 4.26. The summed E-state index contributed by atoms with van der Waals surface area (Å²) in [6.45, 7) is 6.89. The molecule has 7 nitrogen and oxygen atoms in total. The molecule has 0 unspecified atom stereocenters. The number of pyridine rings is 1. The highest BCUT2D eigenvalue weighted by Crippen LogP contribution is 2.22. The monoisotopic (exact) mass is 503 g/mol. The zero-order valence-electron chi connectivity index (χ0n) is 16.4. The van der Waals surface area contributed by atoms with Gasteiger partial charge in [0.05, 0.1) is 5.56 Å². The van der Waals surface area contributed by atoms with E-state index in [0.29, 0.717) is 24.8 Å². The minimum atomic E-state index is 0.0935. The van der Waals surface area contributed by atoms with Gasteiger partial charge < -0.3 is 14.3 Å². The zero-order chi connectivity index (χ0) is 20.4. The highest BCUT2D eigenvalue weighted by atomic mass is 127. The van der Waals surface area contributed by atoms with E-state index >= 15 is 0 Å². The molecular formula is C21H22IN5O2. The van der Waals surface area contributed by atoms with Crippen molar-refractivity contribution in [2.75, 3.05) is 31.1 Å². The first-order valence-corrected chi connectivity index (χ1v) is 10.7. The third-order valence-corrected chi connectivity index (χ3v) is 5.88. The molecule has 1 amide bonds. The summed E-state index contributed by atoms with van der Waals surface area (Å²) in [7, 11) is 0. The summed E-state index contributed by atoms with van der Waals surface area (Å²) >= 11 is 2.21. The Balaban J connectivity index is 1.39. The van der Waals surface area contributed by atoms with Crippen molar-refractivity contribution in [1.82, 2.24) is 20.0 Å². The van der Waals surface area contributed by atoms with Gasteiger partial charge in [-0.2, -0.15) is 4.98 Å². The van der Waals surface area contributed by atoms with Gasteiger partial charge in [0, 0.05) is 47.4 Å². The Bertz CT molecular complexity index is 994. The van der Waals surface area contributed by atoms with Crippen LogP contribution < -0.4 is 4.90 Å². The first-order chi connectivity index (χ1) is 14.0. The molecule has 0 saturated carbocycles. The molecule has 0 aliphatic carbocycles. The second kappa shape index (κ2) is 8.48. The van der Waals surface area contributed by atoms with Crippen molar-refractivity contribution in [3.05, 3.63) is 57.6 Å². The number of anilines is 1. The summed E-state index contributed by atoms with van der Waals surface area (Å²) in [5, 5.41) is 4.03. The van der Waals surface area contributed by atoms with Crippen LogP contribution in [0.5, 0.6) is 0 Å². The average molecular weight is 503 g/mol. The lowest BCUT2D eigenvalue weighted by atomic mass is 10.2. The third-order valence-electron chi connectivity index (χ3n) is 4.94. The summed E-state index contributed by atoms with van der Waals surface area (Å²) < 4.78 is 6.25. The van der Waals surface area contributed by atoms with Crippen molar-refractivity contribution in [2.45, 2.75) is 19.8 Å². The van der Waals surface area contributed by atoms with Crippen molar-refractivity contribution in [3.8, 4) is 11.4 Å². The normalized spacial score (nSPS) is 14.5. The summed E-state index contributed by atoms with van der Waals surface area (Å²) in [5.74, 6) is 2.36. The maximum atomic E-state index is 12.8. The van der Waals surface area contributed by atoms with Crippen LogP contribution in [-0.4, -0.2) is 52.1 Å². The summed E-state index contributed by atoms with van der Waals surface area (Å²) in [6, 6.07) is 11.6. The highest BCUT2D eigenvalue weighted by molar-refractivity contribution is 14.1. The SMILES string of the molecule is CC(C)c1nc(-c2ccc(N3CCN(C(=O)c4ccccc4I)CC3)nc2)no1. The predicted molar refractivity (Wildman–Crippen MR) is 119 cm³/mol. The Kier molecular flexibility index (Phi) is 5.79. The minimum Gasteiger partial charge on any atom is -0.353 e. The molecule has 1 aliphatic heterocycles. The summed E-state index contributed by atoms with van der Waals surface area (Å²) in [6.07, 6.45) is 1.77. The smallest absolute Gasteiger partial charge is 0.255 e. The fraction of sp³-hybridized carbons (Fsp3) is 0.333. The maximum Gasteiger partial charge on any atom is 0.255 e. The molecule has 8 heteroatoms. The quantitative estimate of drug-likeness (QED) is 0.504. The Hall–Kier alpha value is -2.49. The van der Waals surface area contributed by atoms with Crippen LogP contribution in [0, 0.1) is 3.57 Å².